The third-order valence-electron chi connectivity index (χ3n) is 4.43. The van der Waals surface area contributed by atoms with Gasteiger partial charge in [0, 0.05) is 5.69 Å². The number of para-hydroxylation sites is 1. The highest BCUT2D eigenvalue weighted by atomic mass is 16.5. The van der Waals surface area contributed by atoms with Gasteiger partial charge in [-0.25, -0.2) is 10.2 Å². The number of nitrogens with one attached hydrogen (secondary N) is 2. The number of hydrogen-bond donors (Lipinski definition) is 2. The van der Waals surface area contributed by atoms with E-state index in [0.717, 1.165) is 11.1 Å². The number of aryl methyl sites for hydroxylation is 2. The summed E-state index contributed by atoms with van der Waals surface area (Å²) in [4.78, 5) is 36.1. The van der Waals surface area contributed by atoms with Crippen molar-refractivity contribution >= 4 is 29.7 Å². The largest absolute Gasteiger partial charge is 0.423 e. The second-order valence-corrected chi connectivity index (χ2v) is 6.74. The van der Waals surface area contributed by atoms with Gasteiger partial charge in [-0.3, -0.25) is 9.59 Å². The summed E-state index contributed by atoms with van der Waals surface area (Å²) >= 11 is 0. The zero-order valence-corrected chi connectivity index (χ0v) is 17.1. The highest BCUT2D eigenvalue weighted by Crippen LogP contribution is 2.15. The van der Waals surface area contributed by atoms with Crippen LogP contribution in [-0.4, -0.2) is 24.0 Å². The summed E-state index contributed by atoms with van der Waals surface area (Å²) in [5.41, 5.74) is 5.56. The Kier molecular flexibility index (Phi) is 6.90. The van der Waals surface area contributed by atoms with Crippen LogP contribution in [0.25, 0.3) is 0 Å². The molecule has 2 N–H and O–H groups in total. The van der Waals surface area contributed by atoms with E-state index in [1.807, 2.05) is 38.1 Å². The number of anilines is 1. The molecule has 0 bridgehead atoms. The van der Waals surface area contributed by atoms with Gasteiger partial charge in [-0.15, -0.1) is 0 Å². The molecule has 0 saturated carbocycles. The van der Waals surface area contributed by atoms with Crippen molar-refractivity contribution in [2.75, 3.05) is 5.32 Å². The summed E-state index contributed by atoms with van der Waals surface area (Å²) in [6.45, 7) is 3.67. The summed E-state index contributed by atoms with van der Waals surface area (Å²) in [6, 6.07) is 20.9. The second kappa shape index (κ2) is 9.98. The van der Waals surface area contributed by atoms with Crippen LogP contribution in [0.2, 0.25) is 0 Å². The molecule has 31 heavy (non-hydrogen) atoms. The number of esters is 1. The lowest BCUT2D eigenvalue weighted by Crippen LogP contribution is -2.32. The second-order valence-electron chi connectivity index (χ2n) is 6.74. The van der Waals surface area contributed by atoms with E-state index in [0.29, 0.717) is 22.6 Å². The fraction of sp³-hybridized carbons (Fsp3) is 0.0833. The maximum Gasteiger partial charge on any atom is 0.343 e. The highest BCUT2D eigenvalue weighted by Gasteiger charge is 2.14. The van der Waals surface area contributed by atoms with Gasteiger partial charge in [0.1, 0.15) is 5.75 Å². The Bertz CT molecular complexity index is 1140. The maximum atomic E-state index is 12.2. The molecule has 0 radical (unpaired) electrons. The Morgan fingerprint density at radius 2 is 1.45 bits per heavy atom. The highest BCUT2D eigenvalue weighted by molar-refractivity contribution is 6.39. The van der Waals surface area contributed by atoms with E-state index in [-0.39, 0.29) is 0 Å². The van der Waals surface area contributed by atoms with Crippen LogP contribution in [0.15, 0.2) is 77.9 Å². The molecule has 2 amide bonds. The summed E-state index contributed by atoms with van der Waals surface area (Å²) in [7, 11) is 0. The van der Waals surface area contributed by atoms with Crippen molar-refractivity contribution in [1.29, 1.82) is 0 Å². The molecule has 7 nitrogen and oxygen atoms in total. The number of benzene rings is 3. The van der Waals surface area contributed by atoms with Crippen molar-refractivity contribution in [3.8, 4) is 5.75 Å². The van der Waals surface area contributed by atoms with Crippen LogP contribution in [0.1, 0.15) is 27.0 Å². The van der Waals surface area contributed by atoms with E-state index < -0.39 is 17.8 Å². The van der Waals surface area contributed by atoms with Gasteiger partial charge in [-0.2, -0.15) is 5.10 Å². The molecule has 0 aliphatic heterocycles. The predicted octanol–water partition coefficient (Wildman–Crippen LogP) is 3.61. The van der Waals surface area contributed by atoms with Crippen LogP contribution < -0.4 is 15.5 Å². The molecular weight excluding hydrogens is 394 g/mol. The fourth-order valence-corrected chi connectivity index (χ4v) is 2.69. The smallest absolute Gasteiger partial charge is 0.343 e. The Labute approximate surface area is 179 Å². The van der Waals surface area contributed by atoms with Gasteiger partial charge in [-0.1, -0.05) is 36.4 Å². The first-order valence-electron chi connectivity index (χ1n) is 9.52. The van der Waals surface area contributed by atoms with Crippen LogP contribution in [0.5, 0.6) is 5.75 Å². The van der Waals surface area contributed by atoms with Crippen molar-refractivity contribution in [3.05, 3.63) is 95.1 Å². The normalized spacial score (nSPS) is 10.5. The van der Waals surface area contributed by atoms with E-state index in [1.165, 1.54) is 6.21 Å². The number of hydrogen-bond acceptors (Lipinski definition) is 5. The summed E-state index contributed by atoms with van der Waals surface area (Å²) in [5.74, 6) is -1.76. The molecule has 3 aromatic carbocycles. The topological polar surface area (TPSA) is 96.9 Å². The van der Waals surface area contributed by atoms with Crippen molar-refractivity contribution in [3.63, 3.8) is 0 Å². The number of rotatable bonds is 5. The molecule has 7 heteroatoms. The molecule has 3 rings (SSSR count). The fourth-order valence-electron chi connectivity index (χ4n) is 2.69. The minimum atomic E-state index is -0.886. The van der Waals surface area contributed by atoms with Crippen LogP contribution in [0.4, 0.5) is 5.69 Å². The monoisotopic (exact) mass is 415 g/mol. The summed E-state index contributed by atoms with van der Waals surface area (Å²) < 4.78 is 5.37. The third kappa shape index (κ3) is 5.86. The number of hydrazone groups is 1. The van der Waals surface area contributed by atoms with Crippen molar-refractivity contribution < 1.29 is 19.1 Å². The number of amides is 2. The van der Waals surface area contributed by atoms with Gasteiger partial charge in [0.15, 0.2) is 0 Å². The van der Waals surface area contributed by atoms with Gasteiger partial charge < -0.3 is 10.1 Å². The molecule has 0 spiro atoms. The van der Waals surface area contributed by atoms with Gasteiger partial charge in [-0.05, 0) is 66.9 Å². The zero-order valence-electron chi connectivity index (χ0n) is 17.1. The third-order valence-corrected chi connectivity index (χ3v) is 4.43. The van der Waals surface area contributed by atoms with Gasteiger partial charge in [0.05, 0.1) is 11.8 Å². The number of nitrogens with zero attached hydrogens (tertiary/aromatic N) is 1. The molecule has 0 aromatic heterocycles. The lowest BCUT2D eigenvalue weighted by atomic mass is 10.1. The molecule has 0 aliphatic rings. The molecule has 0 saturated heterocycles. The van der Waals surface area contributed by atoms with E-state index >= 15 is 0 Å². The van der Waals surface area contributed by atoms with Gasteiger partial charge in [0.2, 0.25) is 0 Å². The standard InChI is InChI=1S/C24H21N3O4/c1-16-7-3-5-9-20(16)24(30)31-19-13-11-18(12-14-19)15-25-27-23(29)22(28)26-21-10-6-4-8-17(21)2/h3-15H,1-2H3,(H,26,28)(H,27,29). The molecule has 0 atom stereocenters. The zero-order chi connectivity index (χ0) is 22.2. The van der Waals surface area contributed by atoms with E-state index in [1.54, 1.807) is 48.5 Å². The van der Waals surface area contributed by atoms with Gasteiger partial charge in [0.25, 0.3) is 0 Å². The van der Waals surface area contributed by atoms with Crippen molar-refractivity contribution in [2.24, 2.45) is 5.10 Å². The summed E-state index contributed by atoms with van der Waals surface area (Å²) in [5, 5.41) is 6.31. The lowest BCUT2D eigenvalue weighted by molar-refractivity contribution is -0.136. The molecule has 3 aromatic rings. The number of ether oxygens (including phenoxy) is 1. The van der Waals surface area contributed by atoms with Crippen molar-refractivity contribution in [1.82, 2.24) is 5.43 Å². The van der Waals surface area contributed by atoms with Crippen molar-refractivity contribution in [2.45, 2.75) is 13.8 Å². The van der Waals surface area contributed by atoms with E-state index in [2.05, 4.69) is 15.8 Å². The van der Waals surface area contributed by atoms with Gasteiger partial charge >= 0.3 is 17.8 Å². The van der Waals surface area contributed by atoms with Crippen LogP contribution in [0, 0.1) is 13.8 Å². The molecule has 0 unspecified atom stereocenters. The molecule has 156 valence electrons. The van der Waals surface area contributed by atoms with Crippen LogP contribution in [0.3, 0.4) is 0 Å². The average Bonchev–Trinajstić information content (AvgIpc) is 2.76. The van der Waals surface area contributed by atoms with Crippen LogP contribution in [-0.2, 0) is 9.59 Å². The Balaban J connectivity index is 1.53. The number of carbonyl (C=O) groups is 3. The lowest BCUT2D eigenvalue weighted by Gasteiger charge is -2.07. The van der Waals surface area contributed by atoms with E-state index in [4.69, 9.17) is 4.74 Å². The minimum absolute atomic E-state index is 0.382. The SMILES string of the molecule is Cc1ccccc1NC(=O)C(=O)NN=Cc1ccc(OC(=O)c2ccccc2C)cc1. The number of carbonyl (C=O) groups excluding carboxylic acids is 3. The van der Waals surface area contributed by atoms with E-state index in [9.17, 15) is 14.4 Å². The molecule has 0 fully saturated rings. The predicted molar refractivity (Wildman–Crippen MR) is 118 cm³/mol. The first kappa shape index (κ1) is 21.4. The Hall–Kier alpha value is -4.26. The summed E-state index contributed by atoms with van der Waals surface area (Å²) in [6.07, 6.45) is 1.38. The molecular formula is C24H21N3O4. The molecule has 0 heterocycles. The first-order chi connectivity index (χ1) is 14.9. The Morgan fingerprint density at radius 3 is 2.13 bits per heavy atom. The average molecular weight is 415 g/mol. The Morgan fingerprint density at radius 1 is 0.806 bits per heavy atom. The quantitative estimate of drug-likeness (QED) is 0.219. The first-order valence-corrected chi connectivity index (χ1v) is 9.52. The molecule has 0 aliphatic carbocycles. The van der Waals surface area contributed by atoms with Crippen LogP contribution >= 0.6 is 0 Å². The minimum Gasteiger partial charge on any atom is -0.423 e. The maximum absolute atomic E-state index is 12.2.